The highest BCUT2D eigenvalue weighted by Gasteiger charge is 2.27. The number of carboxylic acids is 1. The van der Waals surface area contributed by atoms with E-state index in [-0.39, 0.29) is 12.3 Å². The lowest BCUT2D eigenvalue weighted by molar-refractivity contribution is -0.140. The SMILES string of the molecule is CN(C(=O)[C@@H](CC(=O)O)Cc1ccccc1)c1nc(-c2ccccc2-c2cnn(C)c2)cs1. The number of aliphatic carboxylic acids is 1. The van der Waals surface area contributed by atoms with Gasteiger partial charge < -0.3 is 5.11 Å². The van der Waals surface area contributed by atoms with Gasteiger partial charge in [-0.05, 0) is 17.5 Å². The minimum Gasteiger partial charge on any atom is -0.481 e. The number of nitrogens with zero attached hydrogens (tertiary/aromatic N) is 4. The summed E-state index contributed by atoms with van der Waals surface area (Å²) in [6.45, 7) is 0. The molecule has 1 N–H and O–H groups in total. The van der Waals surface area contributed by atoms with Crippen LogP contribution < -0.4 is 4.90 Å². The van der Waals surface area contributed by atoms with E-state index in [1.165, 1.54) is 16.2 Å². The molecule has 0 aliphatic carbocycles. The third kappa shape index (κ3) is 5.18. The van der Waals surface area contributed by atoms with Crippen molar-refractivity contribution < 1.29 is 14.7 Å². The molecule has 4 aromatic rings. The maximum absolute atomic E-state index is 13.2. The number of thiazole rings is 1. The van der Waals surface area contributed by atoms with Gasteiger partial charge in [-0.25, -0.2) is 4.98 Å². The van der Waals surface area contributed by atoms with Crippen molar-refractivity contribution in [3.05, 3.63) is 77.9 Å². The molecule has 0 aliphatic rings. The second-order valence-electron chi connectivity index (χ2n) is 7.85. The largest absolute Gasteiger partial charge is 0.481 e. The molecule has 0 radical (unpaired) electrons. The monoisotopic (exact) mass is 460 g/mol. The molecule has 168 valence electrons. The van der Waals surface area contributed by atoms with Gasteiger partial charge in [0.05, 0.1) is 24.2 Å². The summed E-state index contributed by atoms with van der Waals surface area (Å²) in [6.07, 6.45) is 3.88. The summed E-state index contributed by atoms with van der Waals surface area (Å²) in [7, 11) is 3.52. The zero-order valence-electron chi connectivity index (χ0n) is 18.4. The first-order valence-electron chi connectivity index (χ1n) is 10.5. The summed E-state index contributed by atoms with van der Waals surface area (Å²) < 4.78 is 1.75. The lowest BCUT2D eigenvalue weighted by atomic mass is 9.95. The van der Waals surface area contributed by atoms with Gasteiger partial charge in [0.15, 0.2) is 5.13 Å². The number of hydrogen-bond donors (Lipinski definition) is 1. The van der Waals surface area contributed by atoms with Crippen molar-refractivity contribution in [2.24, 2.45) is 13.0 Å². The molecular formula is C25H24N4O3S. The maximum atomic E-state index is 13.2. The fourth-order valence-corrected chi connectivity index (χ4v) is 4.58. The molecule has 1 atom stereocenters. The van der Waals surface area contributed by atoms with Gasteiger partial charge in [-0.3, -0.25) is 19.2 Å². The van der Waals surface area contributed by atoms with E-state index < -0.39 is 11.9 Å². The molecule has 2 aromatic carbocycles. The molecule has 2 aromatic heterocycles. The van der Waals surface area contributed by atoms with E-state index in [2.05, 4.69) is 5.10 Å². The number of carbonyl (C=O) groups excluding carboxylic acids is 1. The van der Waals surface area contributed by atoms with Gasteiger partial charge in [0.2, 0.25) is 5.91 Å². The van der Waals surface area contributed by atoms with Gasteiger partial charge >= 0.3 is 5.97 Å². The van der Waals surface area contributed by atoms with Crippen LogP contribution >= 0.6 is 11.3 Å². The summed E-state index contributed by atoms with van der Waals surface area (Å²) in [4.78, 5) is 30.9. The van der Waals surface area contributed by atoms with E-state index in [0.717, 1.165) is 27.9 Å². The Bertz CT molecular complexity index is 1270. The summed E-state index contributed by atoms with van der Waals surface area (Å²) in [5.74, 6) is -1.93. The zero-order chi connectivity index (χ0) is 23.4. The highest BCUT2D eigenvalue weighted by molar-refractivity contribution is 7.14. The fourth-order valence-electron chi connectivity index (χ4n) is 3.78. The number of carboxylic acid groups (broad SMARTS) is 1. The number of benzene rings is 2. The van der Waals surface area contributed by atoms with E-state index >= 15 is 0 Å². The topological polar surface area (TPSA) is 88.3 Å². The van der Waals surface area contributed by atoms with Crippen LogP contribution in [0.2, 0.25) is 0 Å². The molecule has 7 nitrogen and oxygen atoms in total. The van der Waals surface area contributed by atoms with Crippen molar-refractivity contribution in [1.29, 1.82) is 0 Å². The number of amides is 1. The van der Waals surface area contributed by atoms with Crippen LogP contribution in [0.1, 0.15) is 12.0 Å². The summed E-state index contributed by atoms with van der Waals surface area (Å²) in [6, 6.07) is 17.4. The molecule has 0 saturated carbocycles. The van der Waals surface area contributed by atoms with Gasteiger partial charge in [0.25, 0.3) is 0 Å². The number of aryl methyl sites for hydroxylation is 1. The normalized spacial score (nSPS) is 11.8. The second kappa shape index (κ2) is 9.79. The van der Waals surface area contributed by atoms with Gasteiger partial charge in [-0.1, -0.05) is 54.6 Å². The number of carbonyl (C=O) groups is 2. The Balaban J connectivity index is 1.59. The molecule has 0 fully saturated rings. The standard InChI is InChI=1S/C25H24N4O3S/c1-28-15-19(14-26-28)20-10-6-7-11-21(20)22-16-33-25(27-22)29(2)24(32)18(13-23(30)31)12-17-8-4-3-5-9-17/h3-11,14-16,18H,12-13H2,1-2H3,(H,30,31)/t18-/m1/s1. The molecule has 1 amide bonds. The average Bonchev–Trinajstić information content (AvgIpc) is 3.47. The lowest BCUT2D eigenvalue weighted by Gasteiger charge is -2.21. The molecular weight excluding hydrogens is 436 g/mol. The van der Waals surface area contributed by atoms with Crippen LogP contribution in [0, 0.1) is 5.92 Å². The van der Waals surface area contributed by atoms with Crippen LogP contribution in [0.25, 0.3) is 22.4 Å². The minimum atomic E-state index is -0.997. The number of anilines is 1. The van der Waals surface area contributed by atoms with Crippen molar-refractivity contribution in [3.63, 3.8) is 0 Å². The molecule has 4 rings (SSSR count). The van der Waals surface area contributed by atoms with E-state index in [9.17, 15) is 14.7 Å². The first kappa shape index (κ1) is 22.4. The predicted octanol–water partition coefficient (Wildman–Crippen LogP) is 4.51. The van der Waals surface area contributed by atoms with Gasteiger partial charge in [-0.2, -0.15) is 5.10 Å². The fraction of sp³-hybridized carbons (Fsp3) is 0.200. The molecule has 0 unspecified atom stereocenters. The van der Waals surface area contributed by atoms with Crippen LogP contribution in [0.15, 0.2) is 72.4 Å². The Labute approximate surface area is 196 Å². The molecule has 0 aliphatic heterocycles. The van der Waals surface area contributed by atoms with Crippen LogP contribution in [-0.2, 0) is 23.1 Å². The summed E-state index contributed by atoms with van der Waals surface area (Å²) >= 11 is 1.36. The van der Waals surface area contributed by atoms with Crippen LogP contribution in [-0.4, -0.2) is 38.8 Å². The second-order valence-corrected chi connectivity index (χ2v) is 8.68. The first-order chi connectivity index (χ1) is 15.9. The molecule has 0 spiro atoms. The smallest absolute Gasteiger partial charge is 0.304 e. The number of aromatic nitrogens is 3. The summed E-state index contributed by atoms with van der Waals surface area (Å²) in [5.41, 5.74) is 4.61. The quantitative estimate of drug-likeness (QED) is 0.418. The molecule has 2 heterocycles. The highest BCUT2D eigenvalue weighted by atomic mass is 32.1. The Morgan fingerprint density at radius 3 is 2.45 bits per heavy atom. The van der Waals surface area contributed by atoms with Crippen molar-refractivity contribution in [2.45, 2.75) is 12.8 Å². The molecule has 8 heteroatoms. The average molecular weight is 461 g/mol. The van der Waals surface area contributed by atoms with Crippen molar-refractivity contribution in [2.75, 3.05) is 11.9 Å². The van der Waals surface area contributed by atoms with Crippen molar-refractivity contribution >= 4 is 28.3 Å². The van der Waals surface area contributed by atoms with Crippen LogP contribution in [0.4, 0.5) is 5.13 Å². The Hall–Kier alpha value is -3.78. The maximum Gasteiger partial charge on any atom is 0.304 e. The molecule has 0 bridgehead atoms. The van der Waals surface area contributed by atoms with Gasteiger partial charge in [-0.15, -0.1) is 11.3 Å². The third-order valence-electron chi connectivity index (χ3n) is 5.42. The Morgan fingerprint density at radius 1 is 1.09 bits per heavy atom. The first-order valence-corrected chi connectivity index (χ1v) is 11.4. The minimum absolute atomic E-state index is 0.236. The van der Waals surface area contributed by atoms with Gasteiger partial charge in [0.1, 0.15) is 0 Å². The van der Waals surface area contributed by atoms with Crippen LogP contribution in [0.3, 0.4) is 0 Å². The van der Waals surface area contributed by atoms with E-state index in [4.69, 9.17) is 4.98 Å². The number of hydrogen-bond acceptors (Lipinski definition) is 5. The van der Waals surface area contributed by atoms with E-state index in [0.29, 0.717) is 11.6 Å². The van der Waals surface area contributed by atoms with Crippen molar-refractivity contribution in [3.8, 4) is 22.4 Å². The predicted molar refractivity (Wildman–Crippen MR) is 129 cm³/mol. The van der Waals surface area contributed by atoms with Crippen LogP contribution in [0.5, 0.6) is 0 Å². The third-order valence-corrected chi connectivity index (χ3v) is 6.34. The van der Waals surface area contributed by atoms with Gasteiger partial charge in [0, 0.05) is 36.8 Å². The van der Waals surface area contributed by atoms with Crippen molar-refractivity contribution in [1.82, 2.24) is 14.8 Å². The lowest BCUT2D eigenvalue weighted by Crippen LogP contribution is -2.35. The Morgan fingerprint density at radius 2 is 1.79 bits per heavy atom. The summed E-state index contributed by atoms with van der Waals surface area (Å²) in [5, 5.41) is 16.1. The molecule has 33 heavy (non-hydrogen) atoms. The zero-order valence-corrected chi connectivity index (χ0v) is 19.2. The van der Waals surface area contributed by atoms with E-state index in [1.807, 2.05) is 79.4 Å². The Kier molecular flexibility index (Phi) is 6.65. The number of rotatable bonds is 8. The van der Waals surface area contributed by atoms with E-state index in [1.54, 1.807) is 11.7 Å². The highest BCUT2D eigenvalue weighted by Crippen LogP contribution is 2.34. The molecule has 0 saturated heterocycles.